The number of carboxylic acid groups (broad SMARTS) is 1. The third kappa shape index (κ3) is 7.38. The summed E-state index contributed by atoms with van der Waals surface area (Å²) < 4.78 is 24.8. The van der Waals surface area contributed by atoms with E-state index >= 15 is 0 Å². The van der Waals surface area contributed by atoms with Gasteiger partial charge in [-0.3, -0.25) is 16.6 Å². The van der Waals surface area contributed by atoms with Gasteiger partial charge in [0, 0.05) is 24.5 Å². The second-order valence-electron chi connectivity index (χ2n) is 4.41. The van der Waals surface area contributed by atoms with E-state index in [0.29, 0.717) is 6.54 Å². The van der Waals surface area contributed by atoms with Gasteiger partial charge in [0.1, 0.15) is 16.1 Å². The Kier molecular flexibility index (Phi) is 10.5. The van der Waals surface area contributed by atoms with Gasteiger partial charge in [0.2, 0.25) is 0 Å². The maximum absolute atomic E-state index is 11.0. The molecule has 1 aliphatic heterocycles. The molecule has 1 aromatic rings. The van der Waals surface area contributed by atoms with Gasteiger partial charge in [-0.2, -0.15) is 0 Å². The Hall–Kier alpha value is -0.190. The summed E-state index contributed by atoms with van der Waals surface area (Å²) in [5.74, 6) is -0.776. The summed E-state index contributed by atoms with van der Waals surface area (Å²) in [6.45, 7) is 4.02. The van der Waals surface area contributed by atoms with Crippen LogP contribution in [0.25, 0.3) is 4.24 Å². The predicted octanol–water partition coefficient (Wildman–Crippen LogP) is -2.15. The normalized spacial score (nSPS) is 17.6. The van der Waals surface area contributed by atoms with Crippen molar-refractivity contribution in [2.75, 3.05) is 19.6 Å². The van der Waals surface area contributed by atoms with Crippen LogP contribution in [0.5, 0.6) is 0 Å². The molecule has 22 heavy (non-hydrogen) atoms. The minimum atomic E-state index is -3.62. The van der Waals surface area contributed by atoms with Gasteiger partial charge in [-0.25, -0.2) is 8.42 Å². The van der Waals surface area contributed by atoms with E-state index in [1.807, 2.05) is 6.92 Å². The Morgan fingerprint density at radius 2 is 1.91 bits per heavy atom. The Balaban J connectivity index is 0.000000397. The quantitative estimate of drug-likeness (QED) is 0.532. The van der Waals surface area contributed by atoms with Crippen LogP contribution in [0.3, 0.4) is 0 Å². The third-order valence-corrected chi connectivity index (χ3v) is 4.34. The van der Waals surface area contributed by atoms with Gasteiger partial charge in [0.25, 0.3) is 0 Å². The van der Waals surface area contributed by atoms with Gasteiger partial charge in [0.15, 0.2) is 0 Å². The smallest absolute Gasteiger partial charge is 0.480 e. The van der Waals surface area contributed by atoms with Gasteiger partial charge in [0.05, 0.1) is 0 Å². The Bertz CT molecular complexity index is 562. The van der Waals surface area contributed by atoms with Crippen LogP contribution in [0.2, 0.25) is 0 Å². The Labute approximate surface area is 157 Å². The van der Waals surface area contributed by atoms with Gasteiger partial charge in [-0.1, -0.05) is 17.7 Å². The minimum absolute atomic E-state index is 0. The third-order valence-electron chi connectivity index (χ3n) is 2.75. The van der Waals surface area contributed by atoms with E-state index in [0.717, 1.165) is 18.7 Å². The van der Waals surface area contributed by atoms with Crippen LogP contribution in [-0.2, 0) is 14.8 Å². The van der Waals surface area contributed by atoms with Gasteiger partial charge in [-0.15, -0.1) is 0 Å². The molecule has 3 N–H and O–H groups in total. The van der Waals surface area contributed by atoms with Crippen LogP contribution in [0, 0.1) is 6.92 Å². The predicted molar refractivity (Wildman–Crippen MR) is 79.9 cm³/mol. The Morgan fingerprint density at radius 3 is 2.27 bits per heavy atom. The number of hydrogen-bond donors (Lipinski definition) is 3. The van der Waals surface area contributed by atoms with Crippen molar-refractivity contribution < 1.29 is 47.9 Å². The topological polar surface area (TPSA) is 110 Å². The summed E-state index contributed by atoms with van der Waals surface area (Å²) in [6, 6.07) is 5.93. The molecule has 1 aliphatic rings. The molecule has 7 nitrogen and oxygen atoms in total. The molecule has 0 amide bonds. The first-order valence-electron chi connectivity index (χ1n) is 6.18. The number of hydrogen-bond acceptors (Lipinski definition) is 5. The summed E-state index contributed by atoms with van der Waals surface area (Å²) in [7, 11) is -3.62. The van der Waals surface area contributed by atoms with Crippen molar-refractivity contribution in [3.05, 3.63) is 34.1 Å². The van der Waals surface area contributed by atoms with Gasteiger partial charge >= 0.3 is 35.5 Å². The number of carbonyl (C=O) groups is 1. The molecule has 1 saturated heterocycles. The van der Waals surface area contributed by atoms with Gasteiger partial charge in [-0.05, 0) is 19.1 Å². The fourth-order valence-electron chi connectivity index (χ4n) is 1.58. The average Bonchev–Trinajstić information content (AvgIpc) is 2.49. The van der Waals surface area contributed by atoms with Crippen LogP contribution < -0.4 is 40.2 Å². The number of aliphatic carboxylic acids is 1. The molecule has 1 aromatic carbocycles. The van der Waals surface area contributed by atoms with Crippen molar-refractivity contribution in [3.63, 3.8) is 0 Å². The standard InChI is InChI=1S/C7H7ClNO2S.C5H10N2O2.Na/c1-6-2-4-7(5-3-6)12(10,11)9-8;8-5(9)4-3-6-1-2-7-4;/h2-5H,1H3;4,6-7H,1-3H2,(H,8,9);/q-1;;+1. The Morgan fingerprint density at radius 1 is 1.32 bits per heavy atom. The van der Waals surface area contributed by atoms with E-state index in [1.165, 1.54) is 12.1 Å². The maximum atomic E-state index is 11.0. The minimum Gasteiger partial charge on any atom is -0.480 e. The van der Waals surface area contributed by atoms with Crippen molar-refractivity contribution in [1.29, 1.82) is 0 Å². The summed E-state index contributed by atoms with van der Waals surface area (Å²) >= 11 is 4.90. The zero-order chi connectivity index (χ0) is 15.9. The van der Waals surface area contributed by atoms with Crippen molar-refractivity contribution in [2.45, 2.75) is 17.9 Å². The molecule has 1 unspecified atom stereocenters. The van der Waals surface area contributed by atoms with E-state index in [1.54, 1.807) is 12.1 Å². The van der Waals surface area contributed by atoms with Crippen LogP contribution in [0.1, 0.15) is 5.56 Å². The van der Waals surface area contributed by atoms with Crippen molar-refractivity contribution >= 4 is 27.8 Å². The number of sulfonamides is 1. The zero-order valence-corrected chi connectivity index (χ0v) is 16.0. The number of carboxylic acids is 1. The number of aryl methyl sites for hydroxylation is 1. The number of halogens is 1. The molecule has 1 atom stereocenters. The van der Waals surface area contributed by atoms with E-state index in [4.69, 9.17) is 16.9 Å². The molecular formula is C12H17ClN3NaO4S. The van der Waals surface area contributed by atoms with Crippen molar-refractivity contribution in [1.82, 2.24) is 10.6 Å². The zero-order valence-electron chi connectivity index (χ0n) is 12.4. The SMILES string of the molecule is Cc1ccc(S(=O)(=O)[N-]Cl)cc1.O=C(O)C1CNCCN1.[Na+]. The molecular weight excluding hydrogens is 341 g/mol. The molecule has 1 fully saturated rings. The van der Waals surface area contributed by atoms with Crippen LogP contribution in [-0.4, -0.2) is 45.2 Å². The number of piperazine rings is 1. The summed E-state index contributed by atoms with van der Waals surface area (Å²) in [5.41, 5.74) is 0.989. The summed E-state index contributed by atoms with van der Waals surface area (Å²) in [5, 5.41) is 14.3. The largest absolute Gasteiger partial charge is 1.00 e. The second-order valence-corrected chi connectivity index (χ2v) is 6.38. The summed E-state index contributed by atoms with van der Waals surface area (Å²) in [6.07, 6.45) is 0. The fraction of sp³-hybridized carbons (Fsp3) is 0.417. The maximum Gasteiger partial charge on any atom is 1.00 e. The fourth-order valence-corrected chi connectivity index (χ4v) is 2.38. The molecule has 2 rings (SSSR count). The monoisotopic (exact) mass is 357 g/mol. The molecule has 0 saturated carbocycles. The second kappa shape index (κ2) is 10.6. The molecule has 0 spiro atoms. The first kappa shape index (κ1) is 21.8. The molecule has 0 radical (unpaired) electrons. The van der Waals surface area contributed by atoms with E-state index in [-0.39, 0.29) is 34.5 Å². The number of rotatable bonds is 3. The molecule has 0 aromatic heterocycles. The van der Waals surface area contributed by atoms with Crippen LogP contribution in [0.4, 0.5) is 0 Å². The van der Waals surface area contributed by atoms with Crippen LogP contribution >= 0.6 is 11.8 Å². The number of nitrogens with zero attached hydrogens (tertiary/aromatic N) is 1. The molecule has 0 aliphatic carbocycles. The van der Waals surface area contributed by atoms with Crippen LogP contribution in [0.15, 0.2) is 29.2 Å². The van der Waals surface area contributed by atoms with Gasteiger partial charge < -0.3 is 20.0 Å². The van der Waals surface area contributed by atoms with Crippen molar-refractivity contribution in [2.24, 2.45) is 0 Å². The average molecular weight is 358 g/mol. The first-order chi connectivity index (χ1) is 9.86. The summed E-state index contributed by atoms with van der Waals surface area (Å²) in [4.78, 5) is 10.4. The van der Waals surface area contributed by atoms with E-state index in [2.05, 4.69) is 14.9 Å². The van der Waals surface area contributed by atoms with E-state index in [9.17, 15) is 13.2 Å². The molecule has 118 valence electrons. The molecule has 0 bridgehead atoms. The number of nitrogens with one attached hydrogen (secondary N) is 2. The molecule has 1 heterocycles. The number of benzene rings is 1. The van der Waals surface area contributed by atoms with Crippen molar-refractivity contribution in [3.8, 4) is 0 Å². The van der Waals surface area contributed by atoms with E-state index < -0.39 is 22.0 Å². The first-order valence-corrected chi connectivity index (χ1v) is 7.96. The molecule has 10 heteroatoms.